The number of benzene rings is 2. The second kappa shape index (κ2) is 6.33. The number of hydrogen-bond acceptors (Lipinski definition) is 4. The molecule has 4 rings (SSSR count). The Morgan fingerprint density at radius 2 is 1.77 bits per heavy atom. The van der Waals surface area contributed by atoms with Gasteiger partial charge >= 0.3 is 0 Å². The lowest BCUT2D eigenvalue weighted by atomic mass is 10.1. The lowest BCUT2D eigenvalue weighted by molar-refractivity contribution is 0.355. The molecule has 1 aliphatic heterocycles. The average Bonchev–Trinajstić information content (AvgIpc) is 3.05. The van der Waals surface area contributed by atoms with Crippen LogP contribution in [-0.4, -0.2) is 23.8 Å². The summed E-state index contributed by atoms with van der Waals surface area (Å²) in [5.74, 6) is 1.87. The van der Waals surface area contributed by atoms with Crippen molar-refractivity contribution in [3.8, 4) is 11.5 Å². The summed E-state index contributed by atoms with van der Waals surface area (Å²) in [6, 6.07) is 11.9. The van der Waals surface area contributed by atoms with E-state index in [0.29, 0.717) is 16.9 Å². The van der Waals surface area contributed by atoms with Gasteiger partial charge < -0.3 is 14.0 Å². The molecular weight excluding hydrogens is 328 g/mol. The third-order valence-electron chi connectivity index (χ3n) is 4.80. The van der Waals surface area contributed by atoms with E-state index in [4.69, 9.17) is 9.47 Å². The van der Waals surface area contributed by atoms with Crippen LogP contribution in [0.5, 0.6) is 11.5 Å². The highest BCUT2D eigenvalue weighted by molar-refractivity contribution is 5.87. The van der Waals surface area contributed by atoms with Gasteiger partial charge in [0.2, 0.25) is 0 Å². The Morgan fingerprint density at radius 3 is 2.46 bits per heavy atom. The Bertz CT molecular complexity index is 1080. The summed E-state index contributed by atoms with van der Waals surface area (Å²) in [6.07, 6.45) is 2.95. The molecule has 0 bridgehead atoms. The van der Waals surface area contributed by atoms with E-state index in [1.165, 1.54) is 5.56 Å². The van der Waals surface area contributed by atoms with Crippen LogP contribution in [-0.2, 0) is 6.54 Å². The Hall–Kier alpha value is -3.08. The largest absolute Gasteiger partial charge is 0.493 e. The van der Waals surface area contributed by atoms with Crippen molar-refractivity contribution in [3.05, 3.63) is 63.7 Å². The molecule has 0 amide bonds. The number of fused-ring (bicyclic) bond motifs is 3. The predicted molar refractivity (Wildman–Crippen MR) is 103 cm³/mol. The van der Waals surface area contributed by atoms with E-state index in [-0.39, 0.29) is 5.56 Å². The zero-order valence-corrected chi connectivity index (χ0v) is 15.1. The van der Waals surface area contributed by atoms with Crippen molar-refractivity contribution in [1.82, 2.24) is 9.55 Å². The molecular formula is C21H20N2O3. The highest BCUT2D eigenvalue weighted by Crippen LogP contribution is 2.34. The molecule has 132 valence electrons. The molecule has 0 unspecified atom stereocenters. The fourth-order valence-corrected chi connectivity index (χ4v) is 3.41. The van der Waals surface area contributed by atoms with Crippen molar-refractivity contribution in [3.63, 3.8) is 0 Å². The van der Waals surface area contributed by atoms with Gasteiger partial charge in [0.05, 0.1) is 25.1 Å². The first-order chi connectivity index (χ1) is 12.6. The third-order valence-corrected chi connectivity index (χ3v) is 4.80. The van der Waals surface area contributed by atoms with Gasteiger partial charge in [0.1, 0.15) is 5.82 Å². The van der Waals surface area contributed by atoms with E-state index in [1.54, 1.807) is 20.3 Å². The van der Waals surface area contributed by atoms with Crippen molar-refractivity contribution < 1.29 is 9.47 Å². The Balaban J connectivity index is 1.90. The standard InChI is InChI=1S/C21H20N2O3/c1-13-4-6-14(7-5-13)10-15-8-9-23-17-12-19(26-3)18(25-2)11-16(17)21(24)22-20(15)23/h4-7,10-12H,8-9H2,1-3H3. The Kier molecular flexibility index (Phi) is 3.99. The SMILES string of the molecule is COc1cc2c(=O)nc3n(c2cc1OC)CCC3=Cc1ccc(C)cc1. The first-order valence-corrected chi connectivity index (χ1v) is 8.55. The second-order valence-corrected chi connectivity index (χ2v) is 6.45. The lowest BCUT2D eigenvalue weighted by Crippen LogP contribution is -2.14. The molecule has 1 aliphatic rings. The Labute approximate surface area is 151 Å². The van der Waals surface area contributed by atoms with Crippen molar-refractivity contribution in [2.45, 2.75) is 19.9 Å². The molecule has 0 fully saturated rings. The number of methoxy groups -OCH3 is 2. The topological polar surface area (TPSA) is 53.3 Å². The van der Waals surface area contributed by atoms with Gasteiger partial charge in [-0.3, -0.25) is 4.79 Å². The van der Waals surface area contributed by atoms with Crippen molar-refractivity contribution >= 4 is 22.6 Å². The first kappa shape index (κ1) is 16.4. The highest BCUT2D eigenvalue weighted by Gasteiger charge is 2.22. The normalized spacial score (nSPS) is 14.7. The number of hydrogen-bond donors (Lipinski definition) is 0. The molecule has 2 aromatic carbocycles. The van der Waals surface area contributed by atoms with Gasteiger partial charge in [-0.1, -0.05) is 29.8 Å². The van der Waals surface area contributed by atoms with Crippen LogP contribution in [0.1, 0.15) is 23.4 Å². The predicted octanol–water partition coefficient (Wildman–Crippen LogP) is 3.67. The van der Waals surface area contributed by atoms with Gasteiger partial charge in [-0.25, -0.2) is 0 Å². The minimum atomic E-state index is -0.246. The van der Waals surface area contributed by atoms with Crippen molar-refractivity contribution in [2.75, 3.05) is 14.2 Å². The first-order valence-electron chi connectivity index (χ1n) is 8.55. The molecule has 0 aliphatic carbocycles. The minimum Gasteiger partial charge on any atom is -0.493 e. The van der Waals surface area contributed by atoms with Gasteiger partial charge in [-0.15, -0.1) is 0 Å². The molecule has 0 spiro atoms. The smallest absolute Gasteiger partial charge is 0.281 e. The van der Waals surface area contributed by atoms with E-state index in [1.807, 2.05) is 6.07 Å². The van der Waals surface area contributed by atoms with Crippen LogP contribution < -0.4 is 15.0 Å². The minimum absolute atomic E-state index is 0.246. The molecule has 26 heavy (non-hydrogen) atoms. The number of nitrogens with zero attached hydrogens (tertiary/aromatic N) is 2. The molecule has 0 atom stereocenters. The second-order valence-electron chi connectivity index (χ2n) is 6.45. The zero-order valence-electron chi connectivity index (χ0n) is 15.1. The number of allylic oxidation sites excluding steroid dienone is 1. The van der Waals surface area contributed by atoms with Gasteiger partial charge in [0.15, 0.2) is 11.5 Å². The fraction of sp³-hybridized carbons (Fsp3) is 0.238. The summed E-state index contributed by atoms with van der Waals surface area (Å²) < 4.78 is 12.8. The Morgan fingerprint density at radius 1 is 1.08 bits per heavy atom. The third kappa shape index (κ3) is 2.65. The van der Waals surface area contributed by atoms with Crippen molar-refractivity contribution in [2.24, 2.45) is 0 Å². The number of ether oxygens (including phenoxy) is 2. The summed E-state index contributed by atoms with van der Waals surface area (Å²) in [5, 5.41) is 0.544. The van der Waals surface area contributed by atoms with Crippen LogP contribution >= 0.6 is 0 Å². The zero-order chi connectivity index (χ0) is 18.3. The summed E-state index contributed by atoms with van der Waals surface area (Å²) >= 11 is 0. The summed E-state index contributed by atoms with van der Waals surface area (Å²) in [4.78, 5) is 17.0. The van der Waals surface area contributed by atoms with Crippen LogP contribution in [0.25, 0.3) is 22.6 Å². The summed E-state index contributed by atoms with van der Waals surface area (Å²) in [6.45, 7) is 2.85. The van der Waals surface area contributed by atoms with Crippen LogP contribution in [0.4, 0.5) is 0 Å². The molecule has 5 heteroatoms. The van der Waals surface area contributed by atoms with E-state index >= 15 is 0 Å². The maximum absolute atomic E-state index is 12.6. The van der Waals surface area contributed by atoms with Crippen LogP contribution in [0.2, 0.25) is 0 Å². The van der Waals surface area contributed by atoms with Gasteiger partial charge in [0, 0.05) is 12.6 Å². The van der Waals surface area contributed by atoms with Gasteiger partial charge in [-0.2, -0.15) is 4.98 Å². The molecule has 1 aromatic heterocycles. The fourth-order valence-electron chi connectivity index (χ4n) is 3.41. The highest BCUT2D eigenvalue weighted by atomic mass is 16.5. The van der Waals surface area contributed by atoms with Gasteiger partial charge in [-0.05, 0) is 36.6 Å². The number of aryl methyl sites for hydroxylation is 2. The number of rotatable bonds is 3. The lowest BCUT2D eigenvalue weighted by Gasteiger charge is -2.12. The molecule has 0 N–H and O–H groups in total. The molecule has 0 saturated carbocycles. The van der Waals surface area contributed by atoms with Crippen LogP contribution in [0.15, 0.2) is 41.2 Å². The monoisotopic (exact) mass is 348 g/mol. The maximum Gasteiger partial charge on any atom is 0.281 e. The number of aromatic nitrogens is 2. The van der Waals surface area contributed by atoms with Crippen molar-refractivity contribution in [1.29, 1.82) is 0 Å². The molecule has 0 saturated heterocycles. The molecule has 2 heterocycles. The average molecular weight is 348 g/mol. The summed E-state index contributed by atoms with van der Waals surface area (Å²) in [7, 11) is 3.15. The van der Waals surface area contributed by atoms with E-state index in [9.17, 15) is 4.79 Å². The maximum atomic E-state index is 12.6. The molecule has 3 aromatic rings. The van der Waals surface area contributed by atoms with E-state index in [2.05, 4.69) is 46.8 Å². The summed E-state index contributed by atoms with van der Waals surface area (Å²) in [5.41, 5.74) is 3.98. The van der Waals surface area contributed by atoms with Gasteiger partial charge in [0.25, 0.3) is 5.56 Å². The quantitative estimate of drug-likeness (QED) is 0.725. The van der Waals surface area contributed by atoms with Crippen LogP contribution in [0, 0.1) is 6.92 Å². The van der Waals surface area contributed by atoms with Crippen LogP contribution in [0.3, 0.4) is 0 Å². The van der Waals surface area contributed by atoms with E-state index < -0.39 is 0 Å². The molecule has 5 nitrogen and oxygen atoms in total. The molecule has 0 radical (unpaired) electrons. The van der Waals surface area contributed by atoms with E-state index in [0.717, 1.165) is 35.4 Å².